The number of ether oxygens (including phenoxy) is 4. The summed E-state index contributed by atoms with van der Waals surface area (Å²) in [5, 5.41) is 0. The molecule has 0 aliphatic heterocycles. The second-order valence-corrected chi connectivity index (χ2v) is 9.01. The summed E-state index contributed by atoms with van der Waals surface area (Å²) in [6.45, 7) is 3.64. The molecule has 1 atom stereocenters. The molecule has 0 saturated heterocycles. The summed E-state index contributed by atoms with van der Waals surface area (Å²) in [5.74, 6) is 6.84. The number of hydrogen-bond donors (Lipinski definition) is 0. The lowest BCUT2D eigenvalue weighted by Crippen LogP contribution is -2.32. The minimum Gasteiger partial charge on any atom is -0.468 e. The zero-order valence-electron chi connectivity index (χ0n) is 24.0. The molecular formula is C32H40O8. The number of carbonyl (C=O) groups excluding carboxylic acids is 4. The molecular weight excluding hydrogens is 512 g/mol. The molecule has 0 amide bonds. The third kappa shape index (κ3) is 12.2. The van der Waals surface area contributed by atoms with Crippen LogP contribution in [0.25, 0.3) is 0 Å². The first-order valence-electron chi connectivity index (χ1n) is 13.3. The van der Waals surface area contributed by atoms with Crippen LogP contribution in [0.4, 0.5) is 0 Å². The second kappa shape index (κ2) is 19.9. The van der Waals surface area contributed by atoms with Gasteiger partial charge in [-0.15, -0.1) is 6.58 Å². The van der Waals surface area contributed by atoms with Crippen molar-refractivity contribution < 1.29 is 38.1 Å². The molecule has 0 aromatic carbocycles. The van der Waals surface area contributed by atoms with E-state index in [1.54, 1.807) is 12.2 Å². The molecule has 0 N–H and O–H groups in total. The van der Waals surface area contributed by atoms with Gasteiger partial charge in [-0.25, -0.2) is 0 Å². The Balaban J connectivity index is 0.000000400. The summed E-state index contributed by atoms with van der Waals surface area (Å²) in [6, 6.07) is 0. The summed E-state index contributed by atoms with van der Waals surface area (Å²) in [5.41, 5.74) is 2.22. The quantitative estimate of drug-likeness (QED) is 0.141. The van der Waals surface area contributed by atoms with E-state index in [0.29, 0.717) is 0 Å². The second-order valence-electron chi connectivity index (χ2n) is 9.01. The van der Waals surface area contributed by atoms with E-state index in [-0.39, 0.29) is 6.42 Å². The van der Waals surface area contributed by atoms with Gasteiger partial charge in [0.1, 0.15) is 0 Å². The monoisotopic (exact) mass is 552 g/mol. The Hall–Kier alpha value is -4.04. The maximum absolute atomic E-state index is 11.7. The number of carbonyl (C=O) groups is 4. The van der Waals surface area contributed by atoms with Crippen LogP contribution >= 0.6 is 0 Å². The lowest BCUT2D eigenvalue weighted by molar-refractivity contribution is -0.161. The first-order chi connectivity index (χ1) is 19.3. The Bertz CT molecular complexity index is 1070. The van der Waals surface area contributed by atoms with Crippen molar-refractivity contribution in [1.82, 2.24) is 0 Å². The van der Waals surface area contributed by atoms with E-state index in [4.69, 9.17) is 0 Å². The van der Waals surface area contributed by atoms with Crippen LogP contribution in [0, 0.1) is 41.4 Å². The molecule has 0 aromatic rings. The van der Waals surface area contributed by atoms with Gasteiger partial charge in [0.15, 0.2) is 11.8 Å². The fraction of sp³-hybridized carbons (Fsp3) is 0.500. The Labute approximate surface area is 237 Å². The van der Waals surface area contributed by atoms with Crippen LogP contribution in [-0.2, 0) is 38.1 Å². The lowest BCUT2D eigenvalue weighted by atomic mass is 9.91. The van der Waals surface area contributed by atoms with Crippen molar-refractivity contribution in [3.8, 4) is 23.7 Å². The van der Waals surface area contributed by atoms with Crippen LogP contribution in [0.5, 0.6) is 0 Å². The highest BCUT2D eigenvalue weighted by Gasteiger charge is 2.34. The molecule has 8 heteroatoms. The highest BCUT2D eigenvalue weighted by atomic mass is 16.5. The first kappa shape index (κ1) is 34.0. The van der Waals surface area contributed by atoms with Crippen LogP contribution in [0.2, 0.25) is 0 Å². The summed E-state index contributed by atoms with van der Waals surface area (Å²) >= 11 is 0. The molecule has 2 rings (SSSR count). The smallest absolute Gasteiger partial charge is 0.321 e. The van der Waals surface area contributed by atoms with Gasteiger partial charge in [-0.3, -0.25) is 19.2 Å². The summed E-state index contributed by atoms with van der Waals surface area (Å²) in [7, 11) is 4.96. The van der Waals surface area contributed by atoms with Crippen molar-refractivity contribution in [2.75, 3.05) is 28.4 Å². The molecule has 0 bridgehead atoms. The average molecular weight is 553 g/mol. The Kier molecular flexibility index (Phi) is 16.9. The van der Waals surface area contributed by atoms with Gasteiger partial charge in [-0.1, -0.05) is 48.0 Å². The zero-order chi connectivity index (χ0) is 29.8. The molecule has 0 saturated carbocycles. The van der Waals surface area contributed by atoms with Crippen molar-refractivity contribution in [2.24, 2.45) is 17.8 Å². The van der Waals surface area contributed by atoms with Gasteiger partial charge in [-0.05, 0) is 75.0 Å². The van der Waals surface area contributed by atoms with Gasteiger partial charge in [0.25, 0.3) is 0 Å². The van der Waals surface area contributed by atoms with Gasteiger partial charge < -0.3 is 18.9 Å². The third-order valence-electron chi connectivity index (χ3n) is 6.28. The molecule has 0 aromatic heterocycles. The summed E-state index contributed by atoms with van der Waals surface area (Å²) in [4.78, 5) is 46.3. The van der Waals surface area contributed by atoms with E-state index in [1.165, 1.54) is 59.4 Å². The van der Waals surface area contributed by atoms with Crippen LogP contribution < -0.4 is 0 Å². The van der Waals surface area contributed by atoms with Crippen LogP contribution in [-0.4, -0.2) is 52.3 Å². The maximum atomic E-state index is 11.7. The zero-order valence-corrected chi connectivity index (χ0v) is 24.0. The van der Waals surface area contributed by atoms with Gasteiger partial charge in [-0.2, -0.15) is 0 Å². The van der Waals surface area contributed by atoms with Crippen LogP contribution in [0.1, 0.15) is 57.8 Å². The number of allylic oxidation sites excluding steroid dienone is 7. The lowest BCUT2D eigenvalue weighted by Gasteiger charge is -2.15. The van der Waals surface area contributed by atoms with E-state index in [2.05, 4.69) is 61.4 Å². The third-order valence-corrected chi connectivity index (χ3v) is 6.28. The molecule has 0 fully saturated rings. The van der Waals surface area contributed by atoms with E-state index >= 15 is 0 Å². The van der Waals surface area contributed by atoms with Crippen molar-refractivity contribution in [2.45, 2.75) is 57.8 Å². The largest absolute Gasteiger partial charge is 0.468 e. The maximum Gasteiger partial charge on any atom is 0.321 e. The standard InChI is InChI=1S/2C16H20O4/c1-19-15(17)14(16(18)20-2)12-8-4-7-11-13-9-5-3-6-10-13;1-4-13(11-10-12-8-6-5-7-9-12)14(15(17)19-2)16(18)20-3/h4,8-9,14H,3,5-6,10,12H2,1-2H3;4,8,13-14H,1,5-7,9H2,2-3H3/b8-4+;. The van der Waals surface area contributed by atoms with Crippen molar-refractivity contribution in [1.29, 1.82) is 0 Å². The van der Waals surface area contributed by atoms with E-state index in [1.807, 2.05) is 0 Å². The highest BCUT2D eigenvalue weighted by molar-refractivity contribution is 5.96. The molecule has 40 heavy (non-hydrogen) atoms. The fourth-order valence-corrected chi connectivity index (χ4v) is 3.97. The summed E-state index contributed by atoms with van der Waals surface area (Å²) < 4.78 is 18.4. The molecule has 1 unspecified atom stereocenters. The molecule has 2 aliphatic rings. The topological polar surface area (TPSA) is 105 Å². The molecule has 0 spiro atoms. The van der Waals surface area contributed by atoms with Gasteiger partial charge in [0.05, 0.1) is 34.4 Å². The van der Waals surface area contributed by atoms with Crippen LogP contribution in [0.3, 0.4) is 0 Å². The van der Waals surface area contributed by atoms with Crippen molar-refractivity contribution >= 4 is 23.9 Å². The summed E-state index contributed by atoms with van der Waals surface area (Å²) in [6.07, 6.45) is 18.2. The molecule has 2 aliphatic carbocycles. The van der Waals surface area contributed by atoms with Crippen LogP contribution in [0.15, 0.2) is 48.1 Å². The molecule has 216 valence electrons. The molecule has 0 radical (unpaired) electrons. The van der Waals surface area contributed by atoms with E-state index < -0.39 is 41.6 Å². The van der Waals surface area contributed by atoms with Gasteiger partial charge >= 0.3 is 23.9 Å². The van der Waals surface area contributed by atoms with E-state index in [9.17, 15) is 19.2 Å². The molecule has 8 nitrogen and oxygen atoms in total. The minimum absolute atomic E-state index is 0.229. The number of rotatable bonds is 8. The van der Waals surface area contributed by atoms with Gasteiger partial charge in [0, 0.05) is 0 Å². The van der Waals surface area contributed by atoms with Gasteiger partial charge in [0.2, 0.25) is 0 Å². The minimum atomic E-state index is -1.08. The van der Waals surface area contributed by atoms with E-state index in [0.717, 1.165) is 37.7 Å². The highest BCUT2D eigenvalue weighted by Crippen LogP contribution is 2.20. The SMILES string of the molecule is C=CC(C#CC1=CCCCC1)C(C(=O)OC)C(=O)OC.COC(=O)C(C/C=C/C#CC1=CCCCC1)C(=O)OC. The number of hydrogen-bond acceptors (Lipinski definition) is 8. The molecule has 0 heterocycles. The Morgan fingerprint density at radius 2 is 1.30 bits per heavy atom. The number of esters is 4. The Morgan fingerprint density at radius 3 is 1.73 bits per heavy atom. The van der Waals surface area contributed by atoms with Crippen molar-refractivity contribution in [3.05, 3.63) is 48.1 Å². The predicted molar refractivity (Wildman–Crippen MR) is 151 cm³/mol. The van der Waals surface area contributed by atoms with Crippen molar-refractivity contribution in [3.63, 3.8) is 0 Å². The predicted octanol–water partition coefficient (Wildman–Crippen LogP) is 4.65. The normalized spacial score (nSPS) is 14.9. The fourth-order valence-electron chi connectivity index (χ4n) is 3.97. The Morgan fingerprint density at radius 1 is 0.800 bits per heavy atom. The average Bonchev–Trinajstić information content (AvgIpc) is 3.00. The first-order valence-corrected chi connectivity index (χ1v) is 13.3. The number of methoxy groups -OCH3 is 4.